The lowest BCUT2D eigenvalue weighted by molar-refractivity contribution is -0.0385. The van der Waals surface area contributed by atoms with Crippen molar-refractivity contribution in [1.29, 1.82) is 0 Å². The highest BCUT2D eigenvalue weighted by atomic mass is 16.5. The number of fused-ring (bicyclic) bond motifs is 4. The van der Waals surface area contributed by atoms with Crippen molar-refractivity contribution in [2.24, 2.45) is 0 Å². The van der Waals surface area contributed by atoms with E-state index < -0.39 is 0 Å². The normalized spacial score (nSPS) is 23.7. The molecule has 28 heavy (non-hydrogen) atoms. The van der Waals surface area contributed by atoms with Gasteiger partial charge in [0, 0.05) is 5.92 Å². The topological polar surface area (TPSA) is 27.7 Å². The molecule has 2 aliphatic rings. The van der Waals surface area contributed by atoms with Crippen LogP contribution in [0.25, 0.3) is 10.8 Å². The van der Waals surface area contributed by atoms with Crippen LogP contribution in [-0.4, -0.2) is 20.3 Å². The highest BCUT2D eigenvalue weighted by Gasteiger charge is 2.39. The lowest BCUT2D eigenvalue weighted by Crippen LogP contribution is -2.33. The monoisotopic (exact) mass is 374 g/mol. The molecule has 3 aromatic rings. The van der Waals surface area contributed by atoms with Gasteiger partial charge in [-0.3, -0.25) is 0 Å². The van der Waals surface area contributed by atoms with Gasteiger partial charge in [-0.05, 0) is 52.4 Å². The average molecular weight is 374 g/mol. The fraction of sp³-hybridized carbons (Fsp3) is 0.360. The van der Waals surface area contributed by atoms with Crippen LogP contribution >= 0.6 is 0 Å². The Hall–Kier alpha value is -2.52. The Morgan fingerprint density at radius 1 is 0.786 bits per heavy atom. The molecule has 3 heteroatoms. The van der Waals surface area contributed by atoms with Crippen molar-refractivity contribution in [2.75, 3.05) is 14.2 Å². The van der Waals surface area contributed by atoms with Gasteiger partial charge in [0.15, 0.2) is 11.5 Å². The highest BCUT2D eigenvalue weighted by molar-refractivity contribution is 5.86. The third kappa shape index (κ3) is 2.77. The van der Waals surface area contributed by atoms with Gasteiger partial charge in [-0.25, -0.2) is 0 Å². The van der Waals surface area contributed by atoms with Crippen molar-refractivity contribution in [3.05, 3.63) is 71.3 Å². The lowest BCUT2D eigenvalue weighted by atomic mass is 9.75. The molecule has 1 saturated carbocycles. The molecular weight excluding hydrogens is 348 g/mol. The average Bonchev–Trinajstić information content (AvgIpc) is 2.77. The number of benzene rings is 3. The van der Waals surface area contributed by atoms with E-state index >= 15 is 0 Å². The van der Waals surface area contributed by atoms with E-state index in [1.54, 1.807) is 14.2 Å². The summed E-state index contributed by atoms with van der Waals surface area (Å²) in [4.78, 5) is 0. The van der Waals surface area contributed by atoms with E-state index in [0.29, 0.717) is 5.92 Å². The zero-order valence-electron chi connectivity index (χ0n) is 16.5. The minimum atomic E-state index is -0.0831. The molecule has 0 aromatic heterocycles. The van der Waals surface area contributed by atoms with Crippen LogP contribution < -0.4 is 9.47 Å². The molecule has 0 unspecified atom stereocenters. The van der Waals surface area contributed by atoms with Gasteiger partial charge >= 0.3 is 0 Å². The Balaban J connectivity index is 1.73. The fourth-order valence-electron chi connectivity index (χ4n) is 5.04. The molecule has 5 rings (SSSR count). The fourth-order valence-corrected chi connectivity index (χ4v) is 5.04. The number of rotatable bonds is 3. The van der Waals surface area contributed by atoms with Crippen LogP contribution in [0.2, 0.25) is 0 Å². The summed E-state index contributed by atoms with van der Waals surface area (Å²) in [6, 6.07) is 19.4. The Morgan fingerprint density at radius 3 is 2.32 bits per heavy atom. The SMILES string of the molecule is COc1cc2c(cc1OC)[C@@H]1CCCC[C@H]1O[C@@H]2c1cccc2ccccc12. The Kier molecular flexibility index (Phi) is 4.48. The third-order valence-electron chi connectivity index (χ3n) is 6.39. The molecule has 1 aliphatic carbocycles. The van der Waals surface area contributed by atoms with E-state index in [9.17, 15) is 0 Å². The van der Waals surface area contributed by atoms with E-state index in [0.717, 1.165) is 17.9 Å². The summed E-state index contributed by atoms with van der Waals surface area (Å²) in [6.07, 6.45) is 4.99. The molecule has 0 saturated heterocycles. The molecule has 3 nitrogen and oxygen atoms in total. The zero-order chi connectivity index (χ0) is 19.1. The van der Waals surface area contributed by atoms with E-state index in [4.69, 9.17) is 14.2 Å². The van der Waals surface area contributed by atoms with Crippen LogP contribution in [-0.2, 0) is 4.74 Å². The summed E-state index contributed by atoms with van der Waals surface area (Å²) < 4.78 is 18.0. The second-order valence-electron chi connectivity index (χ2n) is 7.85. The van der Waals surface area contributed by atoms with Crippen molar-refractivity contribution in [1.82, 2.24) is 0 Å². The highest BCUT2D eigenvalue weighted by Crippen LogP contribution is 2.50. The summed E-state index contributed by atoms with van der Waals surface area (Å²) in [5.74, 6) is 2.02. The maximum absolute atomic E-state index is 6.79. The Bertz CT molecular complexity index is 1000. The second-order valence-corrected chi connectivity index (χ2v) is 7.85. The van der Waals surface area contributed by atoms with Crippen molar-refractivity contribution in [3.63, 3.8) is 0 Å². The largest absolute Gasteiger partial charge is 0.493 e. The first-order valence-corrected chi connectivity index (χ1v) is 10.2. The van der Waals surface area contributed by atoms with Crippen LogP contribution in [0, 0.1) is 0 Å². The van der Waals surface area contributed by atoms with Crippen molar-refractivity contribution in [2.45, 2.75) is 43.8 Å². The van der Waals surface area contributed by atoms with Crippen LogP contribution in [0.3, 0.4) is 0 Å². The van der Waals surface area contributed by atoms with Crippen LogP contribution in [0.15, 0.2) is 54.6 Å². The molecule has 0 amide bonds. The van der Waals surface area contributed by atoms with Crippen molar-refractivity contribution < 1.29 is 14.2 Å². The summed E-state index contributed by atoms with van der Waals surface area (Å²) in [5.41, 5.74) is 3.82. The van der Waals surface area contributed by atoms with Gasteiger partial charge in [0.2, 0.25) is 0 Å². The van der Waals surface area contributed by atoms with Gasteiger partial charge in [0.05, 0.1) is 20.3 Å². The molecule has 0 spiro atoms. The summed E-state index contributed by atoms with van der Waals surface area (Å²) in [5, 5.41) is 2.50. The number of hydrogen-bond donors (Lipinski definition) is 0. The molecule has 0 bridgehead atoms. The zero-order valence-corrected chi connectivity index (χ0v) is 16.5. The lowest BCUT2D eigenvalue weighted by Gasteiger charge is -2.42. The molecule has 3 aromatic carbocycles. The molecule has 0 radical (unpaired) electrons. The molecule has 1 heterocycles. The van der Waals surface area contributed by atoms with Crippen LogP contribution in [0.5, 0.6) is 11.5 Å². The first-order chi connectivity index (χ1) is 13.8. The summed E-state index contributed by atoms with van der Waals surface area (Å²) in [7, 11) is 3.41. The number of ether oxygens (including phenoxy) is 3. The smallest absolute Gasteiger partial charge is 0.161 e. The third-order valence-corrected chi connectivity index (χ3v) is 6.39. The van der Waals surface area contributed by atoms with Crippen molar-refractivity contribution in [3.8, 4) is 11.5 Å². The molecule has 0 N–H and O–H groups in total. The minimum absolute atomic E-state index is 0.0831. The summed E-state index contributed by atoms with van der Waals surface area (Å²) in [6.45, 7) is 0. The van der Waals surface area contributed by atoms with E-state index in [2.05, 4.69) is 54.6 Å². The van der Waals surface area contributed by atoms with E-state index in [-0.39, 0.29) is 12.2 Å². The molecule has 1 fully saturated rings. The van der Waals surface area contributed by atoms with Gasteiger partial charge in [0.1, 0.15) is 6.10 Å². The number of methoxy groups -OCH3 is 2. The van der Waals surface area contributed by atoms with Gasteiger partial charge in [-0.1, -0.05) is 55.3 Å². The van der Waals surface area contributed by atoms with Crippen molar-refractivity contribution >= 4 is 10.8 Å². The standard InChI is InChI=1S/C25H26O3/c1-26-23-14-20-18-11-5-6-13-22(18)28-25(21(20)15-24(23)27-2)19-12-7-9-16-8-3-4-10-17(16)19/h3-4,7-10,12,14-15,18,22,25H,5-6,11,13H2,1-2H3/t18-,22+,25+/m0/s1. The Labute approximate surface area is 166 Å². The summed E-state index contributed by atoms with van der Waals surface area (Å²) >= 11 is 0. The number of hydrogen-bond acceptors (Lipinski definition) is 3. The first kappa shape index (κ1) is 17.6. The van der Waals surface area contributed by atoms with Gasteiger partial charge < -0.3 is 14.2 Å². The first-order valence-electron chi connectivity index (χ1n) is 10.2. The van der Waals surface area contributed by atoms with E-state index in [1.165, 1.54) is 46.7 Å². The predicted octanol–water partition coefficient (Wildman–Crippen LogP) is 6.00. The molecule has 3 atom stereocenters. The van der Waals surface area contributed by atoms with Crippen LogP contribution in [0.4, 0.5) is 0 Å². The quantitative estimate of drug-likeness (QED) is 0.562. The molecular formula is C25H26O3. The van der Waals surface area contributed by atoms with E-state index in [1.807, 2.05) is 0 Å². The van der Waals surface area contributed by atoms with Gasteiger partial charge in [0.25, 0.3) is 0 Å². The maximum Gasteiger partial charge on any atom is 0.161 e. The second kappa shape index (κ2) is 7.14. The van der Waals surface area contributed by atoms with Gasteiger partial charge in [-0.2, -0.15) is 0 Å². The molecule has 1 aliphatic heterocycles. The molecule has 144 valence electrons. The van der Waals surface area contributed by atoms with Gasteiger partial charge in [-0.15, -0.1) is 0 Å². The Morgan fingerprint density at radius 2 is 1.50 bits per heavy atom. The van der Waals surface area contributed by atoms with Crippen LogP contribution in [0.1, 0.15) is 54.4 Å². The predicted molar refractivity (Wildman–Crippen MR) is 111 cm³/mol. The maximum atomic E-state index is 6.79. The minimum Gasteiger partial charge on any atom is -0.493 e.